The van der Waals surface area contributed by atoms with E-state index in [4.69, 9.17) is 0 Å². The Morgan fingerprint density at radius 3 is 1.57 bits per heavy atom. The number of fused-ring (bicyclic) bond motifs is 5. The van der Waals surface area contributed by atoms with Gasteiger partial charge in [0.25, 0.3) is 23.6 Å². The van der Waals surface area contributed by atoms with Crippen LogP contribution in [-0.4, -0.2) is 35.6 Å². The highest BCUT2D eigenvalue weighted by Crippen LogP contribution is 2.56. The third-order valence-corrected chi connectivity index (χ3v) is 10.5. The van der Waals surface area contributed by atoms with Gasteiger partial charge < -0.3 is 0 Å². The predicted molar refractivity (Wildman–Crippen MR) is 188 cm³/mol. The lowest BCUT2D eigenvalue weighted by molar-refractivity contribution is 0.0692. The summed E-state index contributed by atoms with van der Waals surface area (Å²) in [5.74, 6) is -3.35. The van der Waals surface area contributed by atoms with Gasteiger partial charge in [-0.3, -0.25) is 24.1 Å². The lowest BCUT2D eigenvalue weighted by Crippen LogP contribution is -2.32. The van der Waals surface area contributed by atoms with Gasteiger partial charge in [-0.25, -0.2) is 13.7 Å². The number of aryl methyl sites for hydroxylation is 1. The molecule has 1 aliphatic carbocycles. The van der Waals surface area contributed by atoms with Gasteiger partial charge in [0.05, 0.1) is 33.4 Å². The number of halogens is 2. The van der Waals surface area contributed by atoms with Gasteiger partial charge in [-0.1, -0.05) is 78.9 Å². The van der Waals surface area contributed by atoms with Crippen LogP contribution in [0.2, 0.25) is 0 Å². The topological polar surface area (TPSA) is 74.8 Å². The van der Waals surface area contributed by atoms with Crippen molar-refractivity contribution < 1.29 is 28.0 Å². The summed E-state index contributed by atoms with van der Waals surface area (Å²) >= 11 is 0. The molecular weight excluding hydrogens is 646 g/mol. The number of benzene rings is 6. The zero-order chi connectivity index (χ0) is 35.3. The summed E-state index contributed by atoms with van der Waals surface area (Å²) in [4.78, 5) is 54.5. The van der Waals surface area contributed by atoms with Crippen molar-refractivity contribution in [3.8, 4) is 22.3 Å². The molecule has 2 aliphatic heterocycles. The fraction of sp³-hybridized carbons (Fsp3) is 0.0698. The summed E-state index contributed by atoms with van der Waals surface area (Å²) < 4.78 is 31.9. The quantitative estimate of drug-likeness (QED) is 0.176. The van der Waals surface area contributed by atoms with Gasteiger partial charge in [0.2, 0.25) is 0 Å². The summed E-state index contributed by atoms with van der Waals surface area (Å²) in [6.07, 6.45) is 0. The molecule has 6 nitrogen and oxygen atoms in total. The van der Waals surface area contributed by atoms with Gasteiger partial charge in [-0.05, 0) is 99.5 Å². The molecule has 6 aromatic carbocycles. The van der Waals surface area contributed by atoms with E-state index >= 15 is 8.78 Å². The average molecular weight is 673 g/mol. The first-order valence-electron chi connectivity index (χ1n) is 16.4. The number of nitrogens with zero attached hydrogens (tertiary/aromatic N) is 2. The molecule has 0 saturated heterocycles. The largest absolute Gasteiger partial charge is 0.277 e. The van der Waals surface area contributed by atoms with Gasteiger partial charge >= 0.3 is 0 Å². The van der Waals surface area contributed by atoms with E-state index in [0.29, 0.717) is 33.4 Å². The number of hydrogen-bond acceptors (Lipinski definition) is 4. The van der Waals surface area contributed by atoms with E-state index in [1.807, 2.05) is 54.6 Å². The summed E-state index contributed by atoms with van der Waals surface area (Å²) in [5, 5.41) is 0. The number of carbonyl (C=O) groups excluding carboxylic acids is 4. The second kappa shape index (κ2) is 10.7. The molecule has 0 aromatic heterocycles. The van der Waals surface area contributed by atoms with E-state index < -0.39 is 34.9 Å². The maximum Gasteiger partial charge on any atom is 0.266 e. The molecule has 0 fully saturated rings. The number of anilines is 1. The van der Waals surface area contributed by atoms with Gasteiger partial charge in [0.1, 0.15) is 11.6 Å². The smallest absolute Gasteiger partial charge is 0.266 e. The van der Waals surface area contributed by atoms with Gasteiger partial charge in [0.15, 0.2) is 0 Å². The highest BCUT2D eigenvalue weighted by atomic mass is 19.1. The number of imide groups is 2. The Morgan fingerprint density at radius 2 is 0.980 bits per heavy atom. The van der Waals surface area contributed by atoms with Crippen molar-refractivity contribution in [2.45, 2.75) is 12.3 Å². The minimum atomic E-state index is -1.09. The Hall–Kier alpha value is -6.54. The first-order valence-corrected chi connectivity index (χ1v) is 16.4. The predicted octanol–water partition coefficient (Wildman–Crippen LogP) is 8.33. The molecular formula is C43H26F2N2O4. The van der Waals surface area contributed by atoms with Crippen LogP contribution in [0.25, 0.3) is 22.3 Å². The summed E-state index contributed by atoms with van der Waals surface area (Å²) in [6, 6.07) is 34.7. The van der Waals surface area contributed by atoms with Crippen LogP contribution in [-0.2, 0) is 5.41 Å². The van der Waals surface area contributed by atoms with Crippen molar-refractivity contribution in [2.75, 3.05) is 11.9 Å². The molecule has 8 heteroatoms. The van der Waals surface area contributed by atoms with E-state index in [2.05, 4.69) is 0 Å². The second-order valence-corrected chi connectivity index (χ2v) is 13.1. The lowest BCUT2D eigenvalue weighted by atomic mass is 9.67. The Balaban J connectivity index is 1.14. The molecule has 6 aromatic rings. The molecule has 0 atom stereocenters. The molecule has 2 heterocycles. The molecule has 51 heavy (non-hydrogen) atoms. The number of rotatable bonds is 4. The van der Waals surface area contributed by atoms with Crippen molar-refractivity contribution in [1.29, 1.82) is 0 Å². The zero-order valence-corrected chi connectivity index (χ0v) is 27.3. The zero-order valence-electron chi connectivity index (χ0n) is 27.3. The molecule has 246 valence electrons. The number of carbonyl (C=O) groups is 4. The average Bonchev–Trinajstić information content (AvgIpc) is 3.67. The third-order valence-electron chi connectivity index (χ3n) is 10.5. The van der Waals surface area contributed by atoms with Crippen LogP contribution in [0.1, 0.15) is 69.2 Å². The fourth-order valence-electron chi connectivity index (χ4n) is 7.95. The third kappa shape index (κ3) is 4.07. The van der Waals surface area contributed by atoms with Crippen LogP contribution in [0.3, 0.4) is 0 Å². The van der Waals surface area contributed by atoms with E-state index in [0.717, 1.165) is 32.1 Å². The van der Waals surface area contributed by atoms with Crippen molar-refractivity contribution in [1.82, 2.24) is 4.90 Å². The number of hydrogen-bond donors (Lipinski definition) is 0. The molecule has 0 radical (unpaired) electrons. The minimum absolute atomic E-state index is 0.0891. The second-order valence-electron chi connectivity index (χ2n) is 13.1. The van der Waals surface area contributed by atoms with Crippen LogP contribution in [0.15, 0.2) is 121 Å². The monoisotopic (exact) mass is 672 g/mol. The summed E-state index contributed by atoms with van der Waals surface area (Å²) in [7, 11) is 1.41. The Kier molecular flexibility index (Phi) is 6.42. The van der Waals surface area contributed by atoms with Crippen molar-refractivity contribution in [2.24, 2.45) is 0 Å². The van der Waals surface area contributed by atoms with Crippen LogP contribution in [0.4, 0.5) is 14.5 Å². The van der Waals surface area contributed by atoms with Crippen molar-refractivity contribution in [3.63, 3.8) is 0 Å². The standard InChI is InChI=1S/C43H26F2N2O4/c1-23-11-14-26(21-36(23)44)43(34-9-5-3-7-28(34)29-8-4-6-10-35(29)43)27-15-18-38(37(45)22-27)47-41(50)31-17-13-25(20-33(31)42(47)51)24-12-16-30-32(19-24)40(49)46(2)39(30)48/h3-22H,1-2H3. The van der Waals surface area contributed by atoms with E-state index in [-0.39, 0.29) is 28.2 Å². The molecule has 0 unspecified atom stereocenters. The Morgan fingerprint density at radius 1 is 0.490 bits per heavy atom. The van der Waals surface area contributed by atoms with E-state index in [1.165, 1.54) is 31.3 Å². The van der Waals surface area contributed by atoms with Gasteiger partial charge in [0, 0.05) is 7.05 Å². The molecule has 0 bridgehead atoms. The highest BCUT2D eigenvalue weighted by molar-refractivity contribution is 6.34. The molecule has 0 saturated carbocycles. The minimum Gasteiger partial charge on any atom is -0.277 e. The van der Waals surface area contributed by atoms with Crippen LogP contribution >= 0.6 is 0 Å². The molecule has 3 aliphatic rings. The van der Waals surface area contributed by atoms with Gasteiger partial charge in [-0.2, -0.15) is 0 Å². The normalized spacial score (nSPS) is 15.3. The SMILES string of the molecule is Cc1ccc(C2(c3ccc(N4C(=O)c5ccc(-c6ccc7c(c6)C(=O)N(C)C7=O)cc5C4=O)c(F)c3)c3ccccc3-c3ccccc32)cc1F. The molecule has 0 N–H and O–H groups in total. The van der Waals surface area contributed by atoms with E-state index in [9.17, 15) is 19.2 Å². The van der Waals surface area contributed by atoms with Crippen LogP contribution < -0.4 is 4.90 Å². The maximum absolute atomic E-state index is 16.6. The van der Waals surface area contributed by atoms with E-state index in [1.54, 1.807) is 49.4 Å². The molecule has 9 rings (SSSR count). The first kappa shape index (κ1) is 30.5. The first-order chi connectivity index (χ1) is 24.6. The van der Waals surface area contributed by atoms with Crippen LogP contribution in [0, 0.1) is 18.6 Å². The lowest BCUT2D eigenvalue weighted by Gasteiger charge is -2.34. The Labute approximate surface area is 291 Å². The Bertz CT molecular complexity index is 2550. The fourth-order valence-corrected chi connectivity index (χ4v) is 7.95. The highest BCUT2D eigenvalue weighted by Gasteiger charge is 2.47. The van der Waals surface area contributed by atoms with Gasteiger partial charge in [-0.15, -0.1) is 0 Å². The number of amides is 4. The summed E-state index contributed by atoms with van der Waals surface area (Å²) in [5.41, 5.74) is 5.81. The summed E-state index contributed by atoms with van der Waals surface area (Å²) in [6.45, 7) is 1.69. The molecule has 0 spiro atoms. The maximum atomic E-state index is 16.6. The van der Waals surface area contributed by atoms with Crippen LogP contribution in [0.5, 0.6) is 0 Å². The van der Waals surface area contributed by atoms with Crippen molar-refractivity contribution >= 4 is 29.3 Å². The molecule has 4 amide bonds. The van der Waals surface area contributed by atoms with Crippen molar-refractivity contribution in [3.05, 3.63) is 183 Å².